The number of halogens is 1. The molecule has 30 heavy (non-hydrogen) atoms. The largest absolute Gasteiger partial charge is 0.393 e. The molecule has 2 aromatic rings. The van der Waals surface area contributed by atoms with Gasteiger partial charge in [-0.15, -0.1) is 0 Å². The molecular weight excluding hydrogens is 398 g/mol. The zero-order chi connectivity index (χ0) is 21.1. The van der Waals surface area contributed by atoms with Crippen LogP contribution in [0.2, 0.25) is 5.02 Å². The maximum atomic E-state index is 12.8. The number of carbonyl (C=O) groups excluding carboxylic acids is 1. The molecule has 2 saturated carbocycles. The Kier molecular flexibility index (Phi) is 6.59. The molecule has 4 rings (SSSR count). The molecule has 2 aliphatic rings. The summed E-state index contributed by atoms with van der Waals surface area (Å²) >= 11 is 6.08. The number of aromatic nitrogens is 1. The summed E-state index contributed by atoms with van der Waals surface area (Å²) in [6.45, 7) is 1.47. The summed E-state index contributed by atoms with van der Waals surface area (Å²) in [6.07, 6.45) is 7.84. The number of anilines is 1. The molecule has 160 valence electrons. The van der Waals surface area contributed by atoms with Crippen molar-refractivity contribution in [3.8, 4) is 11.1 Å². The number of hydrogen-bond donors (Lipinski definition) is 2. The van der Waals surface area contributed by atoms with E-state index in [0.717, 1.165) is 55.1 Å². The number of hydrogen-bond acceptors (Lipinski definition) is 4. The molecule has 1 aromatic carbocycles. The van der Waals surface area contributed by atoms with Gasteiger partial charge in [-0.3, -0.25) is 4.79 Å². The third-order valence-corrected chi connectivity index (χ3v) is 6.52. The summed E-state index contributed by atoms with van der Waals surface area (Å²) < 4.78 is 0. The predicted molar refractivity (Wildman–Crippen MR) is 121 cm³/mol. The van der Waals surface area contributed by atoms with Gasteiger partial charge in [0.15, 0.2) is 0 Å². The van der Waals surface area contributed by atoms with E-state index in [1.165, 1.54) is 12.8 Å². The molecule has 0 bridgehead atoms. The first-order chi connectivity index (χ1) is 14.5. The normalized spacial score (nSPS) is 21.3. The average molecular weight is 428 g/mol. The van der Waals surface area contributed by atoms with Crippen molar-refractivity contribution in [1.82, 2.24) is 10.3 Å². The summed E-state index contributed by atoms with van der Waals surface area (Å²) in [5.41, 5.74) is 2.45. The van der Waals surface area contributed by atoms with Crippen LogP contribution in [0.15, 0.2) is 36.5 Å². The second kappa shape index (κ2) is 9.36. The van der Waals surface area contributed by atoms with Gasteiger partial charge < -0.3 is 15.3 Å². The first kappa shape index (κ1) is 21.1. The standard InChI is InChI=1S/C24H30ClN3O2/c1-28(15-16-6-7-16)23-21(17-8-10-20(25)11-9-17)12-19(14-26-23)24(30)27-13-18-4-2-3-5-22(18)29/h8-12,14,16,18,22,29H,2-7,13,15H2,1H3,(H,27,30). The second-order valence-corrected chi connectivity index (χ2v) is 9.18. The van der Waals surface area contributed by atoms with E-state index in [-0.39, 0.29) is 17.9 Å². The molecule has 2 unspecified atom stereocenters. The van der Waals surface area contributed by atoms with E-state index in [0.29, 0.717) is 17.1 Å². The molecule has 2 N–H and O–H groups in total. The fraction of sp³-hybridized carbons (Fsp3) is 0.500. The number of aliphatic hydroxyl groups excluding tert-OH is 1. The fourth-order valence-electron chi connectivity index (χ4n) is 4.25. The predicted octanol–water partition coefficient (Wildman–Crippen LogP) is 4.53. The monoisotopic (exact) mass is 427 g/mol. The van der Waals surface area contributed by atoms with Gasteiger partial charge in [0.1, 0.15) is 5.82 Å². The first-order valence-corrected chi connectivity index (χ1v) is 11.3. The van der Waals surface area contributed by atoms with Crippen LogP contribution in [0.25, 0.3) is 11.1 Å². The lowest BCUT2D eigenvalue weighted by Gasteiger charge is -2.27. The number of rotatable bonds is 7. The van der Waals surface area contributed by atoms with Gasteiger partial charge in [-0.05, 0) is 55.4 Å². The number of amides is 1. The van der Waals surface area contributed by atoms with Crippen molar-refractivity contribution >= 4 is 23.3 Å². The van der Waals surface area contributed by atoms with Crippen molar-refractivity contribution in [3.05, 3.63) is 47.1 Å². The Morgan fingerprint density at radius 2 is 1.93 bits per heavy atom. The number of carbonyl (C=O) groups is 1. The van der Waals surface area contributed by atoms with Gasteiger partial charge in [0.2, 0.25) is 0 Å². The lowest BCUT2D eigenvalue weighted by Crippen LogP contribution is -2.36. The Morgan fingerprint density at radius 1 is 1.20 bits per heavy atom. The average Bonchev–Trinajstić information content (AvgIpc) is 3.57. The number of pyridine rings is 1. The Hall–Kier alpha value is -2.11. The lowest BCUT2D eigenvalue weighted by molar-refractivity contribution is 0.0663. The van der Waals surface area contributed by atoms with Crippen LogP contribution in [-0.4, -0.2) is 42.2 Å². The van der Waals surface area contributed by atoms with Crippen LogP contribution in [0.5, 0.6) is 0 Å². The van der Waals surface area contributed by atoms with Gasteiger partial charge in [-0.2, -0.15) is 0 Å². The number of nitrogens with one attached hydrogen (secondary N) is 1. The van der Waals surface area contributed by atoms with Crippen LogP contribution < -0.4 is 10.2 Å². The van der Waals surface area contributed by atoms with Crippen LogP contribution in [0.1, 0.15) is 48.9 Å². The van der Waals surface area contributed by atoms with Gasteiger partial charge in [-0.25, -0.2) is 4.98 Å². The molecule has 5 nitrogen and oxygen atoms in total. The molecular formula is C24H30ClN3O2. The fourth-order valence-corrected chi connectivity index (χ4v) is 4.38. The third-order valence-electron chi connectivity index (χ3n) is 6.27. The molecule has 0 aliphatic heterocycles. The van der Waals surface area contributed by atoms with Gasteiger partial charge in [0.25, 0.3) is 5.91 Å². The van der Waals surface area contributed by atoms with Crippen LogP contribution >= 0.6 is 11.6 Å². The highest BCUT2D eigenvalue weighted by Gasteiger charge is 2.26. The summed E-state index contributed by atoms with van der Waals surface area (Å²) in [5, 5.41) is 13.8. The molecule has 1 heterocycles. The number of benzene rings is 1. The van der Waals surface area contributed by atoms with Gasteiger partial charge in [0.05, 0.1) is 11.7 Å². The number of nitrogens with zero attached hydrogens (tertiary/aromatic N) is 2. The molecule has 2 fully saturated rings. The maximum absolute atomic E-state index is 12.8. The zero-order valence-electron chi connectivity index (χ0n) is 17.5. The first-order valence-electron chi connectivity index (χ1n) is 10.9. The molecule has 0 saturated heterocycles. The summed E-state index contributed by atoms with van der Waals surface area (Å²) in [4.78, 5) is 19.7. The van der Waals surface area contributed by atoms with Gasteiger partial charge >= 0.3 is 0 Å². The Bertz CT molecular complexity index is 883. The minimum Gasteiger partial charge on any atom is -0.393 e. The van der Waals surface area contributed by atoms with E-state index in [4.69, 9.17) is 11.6 Å². The molecule has 6 heteroatoms. The quantitative estimate of drug-likeness (QED) is 0.681. The zero-order valence-corrected chi connectivity index (χ0v) is 18.2. The second-order valence-electron chi connectivity index (χ2n) is 8.75. The van der Waals surface area contributed by atoms with Crippen LogP contribution in [0.3, 0.4) is 0 Å². The van der Waals surface area contributed by atoms with E-state index < -0.39 is 0 Å². The highest BCUT2D eigenvalue weighted by molar-refractivity contribution is 6.30. The molecule has 1 aromatic heterocycles. The van der Waals surface area contributed by atoms with Crippen LogP contribution in [-0.2, 0) is 0 Å². The Morgan fingerprint density at radius 3 is 2.63 bits per heavy atom. The van der Waals surface area contributed by atoms with E-state index in [2.05, 4.69) is 22.2 Å². The number of aliphatic hydroxyl groups is 1. The summed E-state index contributed by atoms with van der Waals surface area (Å²) in [7, 11) is 2.06. The van der Waals surface area contributed by atoms with Crippen molar-refractivity contribution in [2.45, 2.75) is 44.6 Å². The van der Waals surface area contributed by atoms with E-state index in [9.17, 15) is 9.90 Å². The summed E-state index contributed by atoms with van der Waals surface area (Å²) in [6, 6.07) is 9.57. The van der Waals surface area contributed by atoms with Gasteiger partial charge in [0, 0.05) is 42.8 Å². The van der Waals surface area contributed by atoms with Crippen LogP contribution in [0.4, 0.5) is 5.82 Å². The molecule has 0 spiro atoms. The molecule has 0 radical (unpaired) electrons. The van der Waals surface area contributed by atoms with Crippen molar-refractivity contribution in [2.24, 2.45) is 11.8 Å². The maximum Gasteiger partial charge on any atom is 0.252 e. The Balaban J connectivity index is 1.55. The smallest absolute Gasteiger partial charge is 0.252 e. The highest BCUT2D eigenvalue weighted by Crippen LogP contribution is 2.34. The van der Waals surface area contributed by atoms with E-state index in [1.54, 1.807) is 6.20 Å². The van der Waals surface area contributed by atoms with E-state index >= 15 is 0 Å². The molecule has 1 amide bonds. The lowest BCUT2D eigenvalue weighted by atomic mass is 9.86. The highest BCUT2D eigenvalue weighted by atomic mass is 35.5. The third kappa shape index (κ3) is 5.13. The van der Waals surface area contributed by atoms with Crippen molar-refractivity contribution in [2.75, 3.05) is 25.0 Å². The van der Waals surface area contributed by atoms with Crippen molar-refractivity contribution in [1.29, 1.82) is 0 Å². The van der Waals surface area contributed by atoms with Crippen LogP contribution in [0, 0.1) is 11.8 Å². The Labute approximate surface area is 183 Å². The SMILES string of the molecule is CN(CC1CC1)c1ncc(C(=O)NCC2CCCCC2O)cc1-c1ccc(Cl)cc1. The minimum atomic E-state index is -0.319. The van der Waals surface area contributed by atoms with Crippen molar-refractivity contribution in [3.63, 3.8) is 0 Å². The molecule has 2 aliphatic carbocycles. The van der Waals surface area contributed by atoms with Crippen molar-refractivity contribution < 1.29 is 9.90 Å². The van der Waals surface area contributed by atoms with E-state index in [1.807, 2.05) is 30.3 Å². The topological polar surface area (TPSA) is 65.5 Å². The minimum absolute atomic E-state index is 0.135. The summed E-state index contributed by atoms with van der Waals surface area (Å²) in [5.74, 6) is 1.60. The molecule has 2 atom stereocenters. The van der Waals surface area contributed by atoms with Gasteiger partial charge in [-0.1, -0.05) is 36.6 Å².